The second-order valence-electron chi connectivity index (χ2n) is 11.3. The Labute approximate surface area is 242 Å². The summed E-state index contributed by atoms with van der Waals surface area (Å²) in [5.74, 6) is 0. The van der Waals surface area contributed by atoms with Gasteiger partial charge in [0.15, 0.2) is 0 Å². The summed E-state index contributed by atoms with van der Waals surface area (Å²) in [7, 11) is 2.10. The van der Waals surface area contributed by atoms with Crippen molar-refractivity contribution in [2.45, 2.75) is 26.2 Å². The minimum absolute atomic E-state index is 0.143. The maximum atomic E-state index is 5.07. The third-order valence-electron chi connectivity index (χ3n) is 7.33. The summed E-state index contributed by atoms with van der Waals surface area (Å²) in [6.45, 7) is 6.58. The maximum Gasteiger partial charge on any atom is 0.0930 e. The molecule has 0 bridgehead atoms. The Bertz CT molecular complexity index is 1760. The SMILES string of the molecule is CN(c1ccccc1)c1ccc(N(c2ccccc2)c2ccc(-c3nc4ccccc4nc3C(C)(C)C)cc2)cc1. The Morgan fingerprint density at radius 3 is 1.44 bits per heavy atom. The summed E-state index contributed by atoms with van der Waals surface area (Å²) in [4.78, 5) is 14.6. The number of nitrogens with zero attached hydrogens (tertiary/aromatic N) is 4. The first-order valence-electron chi connectivity index (χ1n) is 14.0. The maximum absolute atomic E-state index is 5.07. The molecule has 4 nitrogen and oxygen atoms in total. The number of rotatable bonds is 6. The fraction of sp³-hybridized carbons (Fsp3) is 0.135. The van der Waals surface area contributed by atoms with E-state index in [1.54, 1.807) is 0 Å². The third kappa shape index (κ3) is 5.42. The minimum atomic E-state index is -0.143. The number of hydrogen-bond acceptors (Lipinski definition) is 4. The van der Waals surface area contributed by atoms with Crippen molar-refractivity contribution in [2.75, 3.05) is 16.8 Å². The Morgan fingerprint density at radius 1 is 0.463 bits per heavy atom. The quantitative estimate of drug-likeness (QED) is 0.213. The van der Waals surface area contributed by atoms with Gasteiger partial charge in [-0.3, -0.25) is 0 Å². The van der Waals surface area contributed by atoms with Crippen molar-refractivity contribution < 1.29 is 0 Å². The standard InChI is InChI=1S/C37H34N4/c1-37(2,3)36-35(38-33-17-11-12-18-34(33)39-36)27-19-21-31(22-20-27)41(30-15-9-6-10-16-30)32-25-23-29(24-26-32)40(4)28-13-7-5-8-14-28/h5-26H,1-4H3. The van der Waals surface area contributed by atoms with Gasteiger partial charge in [0.1, 0.15) is 0 Å². The molecule has 0 aliphatic rings. The lowest BCUT2D eigenvalue weighted by molar-refractivity contribution is 0.571. The topological polar surface area (TPSA) is 32.3 Å². The fourth-order valence-electron chi connectivity index (χ4n) is 5.14. The molecule has 0 radical (unpaired) electrons. The van der Waals surface area contributed by atoms with Gasteiger partial charge in [0, 0.05) is 46.5 Å². The number of fused-ring (bicyclic) bond motifs is 1. The Kier molecular flexibility index (Phi) is 6.98. The molecule has 0 aliphatic carbocycles. The second-order valence-corrected chi connectivity index (χ2v) is 11.3. The fourth-order valence-corrected chi connectivity index (χ4v) is 5.14. The van der Waals surface area contributed by atoms with E-state index in [1.165, 1.54) is 0 Å². The van der Waals surface area contributed by atoms with Gasteiger partial charge in [0.2, 0.25) is 0 Å². The zero-order valence-electron chi connectivity index (χ0n) is 24.0. The summed E-state index contributed by atoms with van der Waals surface area (Å²) in [6, 6.07) is 46.4. The van der Waals surface area contributed by atoms with Crippen molar-refractivity contribution in [3.63, 3.8) is 0 Å². The average Bonchev–Trinajstić information content (AvgIpc) is 3.01. The Balaban J connectivity index is 1.38. The predicted octanol–water partition coefficient (Wildman–Crippen LogP) is 9.83. The summed E-state index contributed by atoms with van der Waals surface area (Å²) in [6.07, 6.45) is 0. The predicted molar refractivity (Wildman–Crippen MR) is 173 cm³/mol. The second kappa shape index (κ2) is 10.9. The molecule has 0 saturated heterocycles. The number of anilines is 5. The normalized spacial score (nSPS) is 11.4. The lowest BCUT2D eigenvalue weighted by Gasteiger charge is -2.27. The van der Waals surface area contributed by atoms with Crippen LogP contribution >= 0.6 is 0 Å². The van der Waals surface area contributed by atoms with E-state index < -0.39 is 0 Å². The highest BCUT2D eigenvalue weighted by Gasteiger charge is 2.23. The lowest BCUT2D eigenvalue weighted by atomic mass is 9.88. The molecule has 202 valence electrons. The van der Waals surface area contributed by atoms with E-state index in [1.807, 2.05) is 30.3 Å². The van der Waals surface area contributed by atoms with E-state index in [0.29, 0.717) is 0 Å². The van der Waals surface area contributed by atoms with Crippen LogP contribution in [0.2, 0.25) is 0 Å². The zero-order chi connectivity index (χ0) is 28.4. The van der Waals surface area contributed by atoms with Crippen molar-refractivity contribution >= 4 is 39.5 Å². The van der Waals surface area contributed by atoms with E-state index in [9.17, 15) is 0 Å². The smallest absolute Gasteiger partial charge is 0.0930 e. The molecule has 4 heteroatoms. The molecule has 0 unspecified atom stereocenters. The third-order valence-corrected chi connectivity index (χ3v) is 7.33. The molecule has 1 heterocycles. The number of para-hydroxylation sites is 4. The van der Waals surface area contributed by atoms with Gasteiger partial charge in [-0.15, -0.1) is 0 Å². The lowest BCUT2D eigenvalue weighted by Crippen LogP contribution is -2.16. The van der Waals surface area contributed by atoms with Crippen LogP contribution in [0.5, 0.6) is 0 Å². The van der Waals surface area contributed by atoms with Crippen LogP contribution in [0.1, 0.15) is 26.5 Å². The van der Waals surface area contributed by atoms with Crippen molar-refractivity contribution in [1.82, 2.24) is 9.97 Å². The molecule has 6 aromatic rings. The van der Waals surface area contributed by atoms with Crippen LogP contribution in [-0.2, 0) is 5.41 Å². The minimum Gasteiger partial charge on any atom is -0.345 e. The van der Waals surface area contributed by atoms with E-state index >= 15 is 0 Å². The van der Waals surface area contributed by atoms with E-state index in [-0.39, 0.29) is 5.41 Å². The highest BCUT2D eigenvalue weighted by atomic mass is 15.1. The van der Waals surface area contributed by atoms with Crippen LogP contribution in [-0.4, -0.2) is 17.0 Å². The number of benzene rings is 5. The van der Waals surface area contributed by atoms with Gasteiger partial charge in [-0.05, 0) is 72.8 Å². The molecule has 6 rings (SSSR count). The van der Waals surface area contributed by atoms with Gasteiger partial charge >= 0.3 is 0 Å². The first-order valence-corrected chi connectivity index (χ1v) is 14.0. The molecule has 0 N–H and O–H groups in total. The van der Waals surface area contributed by atoms with Crippen LogP contribution in [0.25, 0.3) is 22.3 Å². The molecular weight excluding hydrogens is 500 g/mol. The number of aromatic nitrogens is 2. The highest BCUT2D eigenvalue weighted by molar-refractivity contribution is 5.82. The monoisotopic (exact) mass is 534 g/mol. The molecule has 1 aromatic heterocycles. The summed E-state index contributed by atoms with van der Waals surface area (Å²) < 4.78 is 0. The molecule has 41 heavy (non-hydrogen) atoms. The van der Waals surface area contributed by atoms with E-state index in [2.05, 4.69) is 141 Å². The van der Waals surface area contributed by atoms with Crippen molar-refractivity contribution in [1.29, 1.82) is 0 Å². The van der Waals surface area contributed by atoms with Crippen molar-refractivity contribution in [3.8, 4) is 11.3 Å². The van der Waals surface area contributed by atoms with Crippen molar-refractivity contribution in [2.24, 2.45) is 0 Å². The van der Waals surface area contributed by atoms with Crippen LogP contribution in [0.15, 0.2) is 133 Å². The van der Waals surface area contributed by atoms with E-state index in [4.69, 9.17) is 9.97 Å². The average molecular weight is 535 g/mol. The van der Waals surface area contributed by atoms with Crippen LogP contribution in [0.3, 0.4) is 0 Å². The van der Waals surface area contributed by atoms with Crippen molar-refractivity contribution in [3.05, 3.63) is 139 Å². The van der Waals surface area contributed by atoms with Gasteiger partial charge in [-0.25, -0.2) is 9.97 Å². The molecule has 0 atom stereocenters. The first-order chi connectivity index (χ1) is 19.9. The molecule has 0 aliphatic heterocycles. The van der Waals surface area contributed by atoms with Crippen LogP contribution < -0.4 is 9.80 Å². The molecular formula is C37H34N4. The first kappa shape index (κ1) is 26.3. The summed E-state index contributed by atoms with van der Waals surface area (Å²) in [5, 5.41) is 0. The summed E-state index contributed by atoms with van der Waals surface area (Å²) >= 11 is 0. The number of hydrogen-bond donors (Lipinski definition) is 0. The van der Waals surface area contributed by atoms with Crippen LogP contribution in [0, 0.1) is 0 Å². The van der Waals surface area contributed by atoms with Gasteiger partial charge in [0.25, 0.3) is 0 Å². The molecule has 0 saturated carbocycles. The summed E-state index contributed by atoms with van der Waals surface area (Å²) in [5.41, 5.74) is 10.2. The van der Waals surface area contributed by atoms with Gasteiger partial charge in [0.05, 0.1) is 22.4 Å². The molecule has 0 amide bonds. The molecule has 0 spiro atoms. The van der Waals surface area contributed by atoms with Crippen LogP contribution in [0.4, 0.5) is 28.4 Å². The molecule has 5 aromatic carbocycles. The largest absolute Gasteiger partial charge is 0.345 e. The van der Waals surface area contributed by atoms with Gasteiger partial charge in [-0.1, -0.05) is 81.4 Å². The van der Waals surface area contributed by atoms with Gasteiger partial charge < -0.3 is 9.80 Å². The Hall–Kier alpha value is -4.96. The molecule has 0 fully saturated rings. The highest BCUT2D eigenvalue weighted by Crippen LogP contribution is 2.38. The van der Waals surface area contributed by atoms with E-state index in [0.717, 1.165) is 56.4 Å². The Morgan fingerprint density at radius 2 is 0.878 bits per heavy atom. The zero-order valence-corrected chi connectivity index (χ0v) is 24.0. The van der Waals surface area contributed by atoms with Gasteiger partial charge in [-0.2, -0.15) is 0 Å².